The smallest absolute Gasteiger partial charge is 0.410 e. The number of hydrogen-bond acceptors (Lipinski definition) is 7. The molecule has 31 heavy (non-hydrogen) atoms. The largest absolute Gasteiger partial charge is 0.492 e. The Kier molecular flexibility index (Phi) is 9.23. The maximum Gasteiger partial charge on any atom is 0.410 e. The van der Waals surface area contributed by atoms with E-state index in [1.54, 1.807) is 4.90 Å². The number of nitrogens with one attached hydrogen (secondary N) is 1. The SMILES string of the molecule is CN(C)CCOc1ccccc1CNC1=NCC2CN(C(=O)OC(C)(C)C)CCN12.I. The van der Waals surface area contributed by atoms with Gasteiger partial charge in [-0.25, -0.2) is 4.79 Å². The predicted molar refractivity (Wildman–Crippen MR) is 133 cm³/mol. The summed E-state index contributed by atoms with van der Waals surface area (Å²) in [5.74, 6) is 1.80. The molecule has 0 aromatic heterocycles. The van der Waals surface area contributed by atoms with Gasteiger partial charge in [-0.1, -0.05) is 18.2 Å². The number of piperazine rings is 1. The van der Waals surface area contributed by atoms with Crippen molar-refractivity contribution in [1.29, 1.82) is 0 Å². The molecular formula is C22H36IN5O3. The van der Waals surface area contributed by atoms with E-state index in [1.165, 1.54) is 0 Å². The van der Waals surface area contributed by atoms with E-state index in [4.69, 9.17) is 9.47 Å². The van der Waals surface area contributed by atoms with Gasteiger partial charge in [-0.2, -0.15) is 0 Å². The van der Waals surface area contributed by atoms with Crippen LogP contribution in [0.5, 0.6) is 5.75 Å². The molecule has 8 nitrogen and oxygen atoms in total. The van der Waals surface area contributed by atoms with Crippen molar-refractivity contribution in [2.24, 2.45) is 4.99 Å². The van der Waals surface area contributed by atoms with Crippen molar-refractivity contribution in [3.63, 3.8) is 0 Å². The molecule has 1 aromatic carbocycles. The highest BCUT2D eigenvalue weighted by Crippen LogP contribution is 2.21. The van der Waals surface area contributed by atoms with Gasteiger partial charge in [-0.15, -0.1) is 24.0 Å². The average Bonchev–Trinajstić information content (AvgIpc) is 3.08. The van der Waals surface area contributed by atoms with Crippen LogP contribution in [0.2, 0.25) is 0 Å². The summed E-state index contributed by atoms with van der Waals surface area (Å²) in [5, 5.41) is 3.47. The van der Waals surface area contributed by atoms with E-state index in [-0.39, 0.29) is 36.1 Å². The fourth-order valence-corrected chi connectivity index (χ4v) is 3.53. The van der Waals surface area contributed by atoms with Crippen LogP contribution in [0.4, 0.5) is 4.79 Å². The summed E-state index contributed by atoms with van der Waals surface area (Å²) in [6.07, 6.45) is -0.243. The lowest BCUT2D eigenvalue weighted by atomic mass is 10.2. The van der Waals surface area contributed by atoms with Crippen molar-refractivity contribution in [3.8, 4) is 5.75 Å². The first kappa shape index (κ1) is 25.5. The van der Waals surface area contributed by atoms with Crippen molar-refractivity contribution >= 4 is 36.0 Å². The number of guanidine groups is 1. The fraction of sp³-hybridized carbons (Fsp3) is 0.636. The summed E-state index contributed by atoms with van der Waals surface area (Å²) in [6.45, 7) is 10.6. The Hall–Kier alpha value is -1.75. The Labute approximate surface area is 203 Å². The van der Waals surface area contributed by atoms with Crippen LogP contribution in [-0.4, -0.2) is 91.8 Å². The number of benzene rings is 1. The Morgan fingerprint density at radius 1 is 1.26 bits per heavy atom. The van der Waals surface area contributed by atoms with Gasteiger partial charge < -0.3 is 29.5 Å². The van der Waals surface area contributed by atoms with E-state index in [0.29, 0.717) is 32.8 Å². The molecule has 1 N–H and O–H groups in total. The van der Waals surface area contributed by atoms with E-state index in [2.05, 4.69) is 26.2 Å². The lowest BCUT2D eigenvalue weighted by Gasteiger charge is -2.39. The first-order valence-electron chi connectivity index (χ1n) is 10.6. The quantitative estimate of drug-likeness (QED) is 0.555. The molecular weight excluding hydrogens is 509 g/mol. The molecule has 9 heteroatoms. The molecule has 2 aliphatic heterocycles. The standard InChI is InChI=1S/C22H35N5O3.HI/c1-22(2,3)30-21(28)26-10-11-27-18(16-26)15-24-20(27)23-14-17-8-6-7-9-19(17)29-13-12-25(4)5;/h6-9,18H,10-16H2,1-5H3,(H,23,24);1H. The number of fused-ring (bicyclic) bond motifs is 1. The van der Waals surface area contributed by atoms with Gasteiger partial charge in [0.1, 0.15) is 18.0 Å². The minimum absolute atomic E-state index is 0. The molecule has 3 rings (SSSR count). The van der Waals surface area contributed by atoms with Crippen molar-refractivity contribution in [3.05, 3.63) is 29.8 Å². The number of rotatable bonds is 6. The topological polar surface area (TPSA) is 69.6 Å². The summed E-state index contributed by atoms with van der Waals surface area (Å²) in [7, 11) is 4.07. The number of ether oxygens (including phenoxy) is 2. The van der Waals surface area contributed by atoms with Crippen molar-refractivity contribution in [1.82, 2.24) is 20.0 Å². The Bertz CT molecular complexity index is 766. The van der Waals surface area contributed by atoms with Crippen molar-refractivity contribution in [2.75, 3.05) is 53.4 Å². The highest BCUT2D eigenvalue weighted by Gasteiger charge is 2.36. The number of amides is 1. The molecule has 2 heterocycles. The molecule has 0 spiro atoms. The van der Waals surface area contributed by atoms with E-state index >= 15 is 0 Å². The van der Waals surface area contributed by atoms with Crippen LogP contribution in [0.15, 0.2) is 29.3 Å². The molecule has 174 valence electrons. The first-order valence-corrected chi connectivity index (χ1v) is 10.6. The lowest BCUT2D eigenvalue weighted by molar-refractivity contribution is 0.0137. The maximum atomic E-state index is 12.4. The van der Waals surface area contributed by atoms with Gasteiger partial charge in [0.25, 0.3) is 0 Å². The third-order valence-electron chi connectivity index (χ3n) is 5.06. The van der Waals surface area contributed by atoms with Gasteiger partial charge in [0, 0.05) is 38.3 Å². The normalized spacial score (nSPS) is 18.3. The molecule has 1 amide bonds. The van der Waals surface area contributed by atoms with E-state index in [9.17, 15) is 4.79 Å². The predicted octanol–water partition coefficient (Wildman–Crippen LogP) is 2.63. The van der Waals surface area contributed by atoms with Crippen LogP contribution in [0, 0.1) is 0 Å². The van der Waals surface area contributed by atoms with Crippen LogP contribution in [0.3, 0.4) is 0 Å². The number of carbonyl (C=O) groups is 1. The number of carbonyl (C=O) groups excluding carboxylic acids is 1. The second kappa shape index (κ2) is 11.2. The van der Waals surface area contributed by atoms with Gasteiger partial charge in [-0.3, -0.25) is 4.99 Å². The molecule has 1 fully saturated rings. The second-order valence-electron chi connectivity index (χ2n) is 9.05. The van der Waals surface area contributed by atoms with E-state index in [1.807, 2.05) is 53.1 Å². The third kappa shape index (κ3) is 7.41. The van der Waals surface area contributed by atoms with Gasteiger partial charge in [0.15, 0.2) is 5.96 Å². The zero-order valence-electron chi connectivity index (χ0n) is 19.3. The lowest BCUT2D eigenvalue weighted by Crippen LogP contribution is -2.57. The van der Waals surface area contributed by atoms with Crippen molar-refractivity contribution in [2.45, 2.75) is 39.0 Å². The van der Waals surface area contributed by atoms with Gasteiger partial charge in [0.2, 0.25) is 0 Å². The second-order valence-corrected chi connectivity index (χ2v) is 9.05. The zero-order valence-corrected chi connectivity index (χ0v) is 21.6. The first-order chi connectivity index (χ1) is 14.2. The van der Waals surface area contributed by atoms with Gasteiger partial charge in [-0.05, 0) is 40.9 Å². The maximum absolute atomic E-state index is 12.4. The Morgan fingerprint density at radius 2 is 2.00 bits per heavy atom. The van der Waals surface area contributed by atoms with Gasteiger partial charge >= 0.3 is 6.09 Å². The van der Waals surface area contributed by atoms with Gasteiger partial charge in [0.05, 0.1) is 12.6 Å². The molecule has 2 aliphatic rings. The van der Waals surface area contributed by atoms with Crippen LogP contribution in [0.1, 0.15) is 26.3 Å². The molecule has 0 saturated carbocycles. The molecule has 1 unspecified atom stereocenters. The summed E-state index contributed by atoms with van der Waals surface area (Å²) >= 11 is 0. The highest BCUT2D eigenvalue weighted by molar-refractivity contribution is 14.0. The molecule has 0 bridgehead atoms. The minimum atomic E-state index is -0.477. The number of halogens is 1. The summed E-state index contributed by atoms with van der Waals surface area (Å²) in [5.41, 5.74) is 0.629. The van der Waals surface area contributed by atoms with E-state index < -0.39 is 5.60 Å². The molecule has 1 aromatic rings. The number of nitrogens with zero attached hydrogens (tertiary/aromatic N) is 4. The number of aliphatic imine (C=N–C) groups is 1. The van der Waals surface area contributed by atoms with Crippen LogP contribution in [-0.2, 0) is 11.3 Å². The summed E-state index contributed by atoms with van der Waals surface area (Å²) < 4.78 is 11.5. The number of para-hydroxylation sites is 1. The monoisotopic (exact) mass is 545 g/mol. The molecule has 1 saturated heterocycles. The average molecular weight is 545 g/mol. The van der Waals surface area contributed by atoms with E-state index in [0.717, 1.165) is 30.4 Å². The molecule has 0 aliphatic carbocycles. The molecule has 1 atom stereocenters. The number of hydrogen-bond donors (Lipinski definition) is 1. The van der Waals surface area contributed by atoms with Crippen LogP contribution < -0.4 is 10.1 Å². The number of likely N-dealkylation sites (N-methyl/N-ethyl adjacent to an activating group) is 1. The Morgan fingerprint density at radius 3 is 2.71 bits per heavy atom. The van der Waals surface area contributed by atoms with Crippen LogP contribution >= 0.6 is 24.0 Å². The highest BCUT2D eigenvalue weighted by atomic mass is 127. The van der Waals surface area contributed by atoms with Crippen LogP contribution in [0.25, 0.3) is 0 Å². The zero-order chi connectivity index (χ0) is 21.7. The summed E-state index contributed by atoms with van der Waals surface area (Å²) in [6, 6.07) is 8.29. The minimum Gasteiger partial charge on any atom is -0.492 e. The Balaban J connectivity index is 0.00000341. The molecule has 0 radical (unpaired) electrons. The fourth-order valence-electron chi connectivity index (χ4n) is 3.53. The summed E-state index contributed by atoms with van der Waals surface area (Å²) in [4.78, 5) is 23.2. The third-order valence-corrected chi connectivity index (χ3v) is 5.06. The van der Waals surface area contributed by atoms with Crippen molar-refractivity contribution < 1.29 is 14.3 Å².